The highest BCUT2D eigenvalue weighted by Gasteiger charge is 2.05. The van der Waals surface area contributed by atoms with Crippen LogP contribution in [0.1, 0.15) is 10.4 Å². The van der Waals surface area contributed by atoms with E-state index in [1.807, 2.05) is 0 Å². The molecule has 0 saturated carbocycles. The van der Waals surface area contributed by atoms with Gasteiger partial charge in [-0.05, 0) is 23.6 Å². The Balaban J connectivity index is 2.64. The molecule has 0 aliphatic heterocycles. The fraction of sp³-hybridized carbons (Fsp3) is 0.0909. The van der Waals surface area contributed by atoms with Crippen molar-refractivity contribution in [3.8, 4) is 0 Å². The van der Waals surface area contributed by atoms with Gasteiger partial charge in [-0.3, -0.25) is 4.79 Å². The minimum atomic E-state index is -0.415. The lowest BCUT2D eigenvalue weighted by atomic mass is 10.1. The van der Waals surface area contributed by atoms with Crippen molar-refractivity contribution in [1.29, 1.82) is 0 Å². The summed E-state index contributed by atoms with van der Waals surface area (Å²) in [6, 6.07) is 8.17. The molecule has 0 saturated heterocycles. The summed E-state index contributed by atoms with van der Waals surface area (Å²) in [4.78, 5) is 24.9. The zero-order valence-electron chi connectivity index (χ0n) is 8.11. The van der Waals surface area contributed by atoms with Crippen LogP contribution in [0.4, 0.5) is 0 Å². The highest BCUT2D eigenvalue weighted by atomic mass is 16.5. The number of carbonyl (C=O) groups excluding carboxylic acids is 1. The van der Waals surface area contributed by atoms with Gasteiger partial charge in [0.2, 0.25) is 5.56 Å². The van der Waals surface area contributed by atoms with Crippen molar-refractivity contribution >= 4 is 16.9 Å². The smallest absolute Gasteiger partial charge is 0.337 e. The topological polar surface area (TPSA) is 59.2 Å². The van der Waals surface area contributed by atoms with Gasteiger partial charge in [-0.1, -0.05) is 6.07 Å². The van der Waals surface area contributed by atoms with Crippen molar-refractivity contribution in [1.82, 2.24) is 4.98 Å². The van der Waals surface area contributed by atoms with E-state index < -0.39 is 5.97 Å². The normalized spacial score (nSPS) is 10.2. The lowest BCUT2D eigenvalue weighted by Gasteiger charge is -2.01. The summed E-state index contributed by atoms with van der Waals surface area (Å²) >= 11 is 0. The van der Waals surface area contributed by atoms with E-state index in [1.165, 1.54) is 13.2 Å². The molecule has 0 aliphatic rings. The zero-order valence-corrected chi connectivity index (χ0v) is 8.11. The molecule has 1 N–H and O–H groups in total. The maximum atomic E-state index is 11.2. The number of hydrogen-bond acceptors (Lipinski definition) is 3. The first-order valence-corrected chi connectivity index (χ1v) is 4.42. The van der Waals surface area contributed by atoms with Gasteiger partial charge in [0.05, 0.1) is 12.7 Å². The van der Waals surface area contributed by atoms with Crippen LogP contribution in [0.5, 0.6) is 0 Å². The molecule has 2 aromatic rings. The van der Waals surface area contributed by atoms with E-state index >= 15 is 0 Å². The number of esters is 1. The summed E-state index contributed by atoms with van der Waals surface area (Å²) < 4.78 is 4.58. The molecule has 2 rings (SSSR count). The lowest BCUT2D eigenvalue weighted by molar-refractivity contribution is 0.0601. The molecule has 0 radical (unpaired) electrons. The first-order valence-electron chi connectivity index (χ1n) is 4.42. The fourth-order valence-corrected chi connectivity index (χ4v) is 1.39. The highest BCUT2D eigenvalue weighted by molar-refractivity contribution is 5.94. The second kappa shape index (κ2) is 3.57. The predicted octanol–water partition coefficient (Wildman–Crippen LogP) is 1.31. The Labute approximate surface area is 85.5 Å². The maximum Gasteiger partial charge on any atom is 0.337 e. The van der Waals surface area contributed by atoms with E-state index in [0.717, 1.165) is 5.39 Å². The summed E-state index contributed by atoms with van der Waals surface area (Å²) in [6.07, 6.45) is 0. The van der Waals surface area contributed by atoms with E-state index in [1.54, 1.807) is 24.3 Å². The lowest BCUT2D eigenvalue weighted by Crippen LogP contribution is -2.05. The SMILES string of the molecule is COC(=O)c1ccc2ccc(=O)[nH]c2c1. The largest absolute Gasteiger partial charge is 0.465 e. The molecule has 0 amide bonds. The number of pyridine rings is 1. The number of fused-ring (bicyclic) bond motifs is 1. The van der Waals surface area contributed by atoms with Crippen LogP contribution in [0.15, 0.2) is 35.1 Å². The number of methoxy groups -OCH3 is 1. The third kappa shape index (κ3) is 1.74. The maximum absolute atomic E-state index is 11.2. The number of benzene rings is 1. The monoisotopic (exact) mass is 203 g/mol. The Morgan fingerprint density at radius 1 is 1.27 bits per heavy atom. The number of aromatic nitrogens is 1. The number of nitrogens with one attached hydrogen (secondary N) is 1. The number of H-pyrrole nitrogens is 1. The van der Waals surface area contributed by atoms with Crippen LogP contribution in [0.25, 0.3) is 10.9 Å². The number of rotatable bonds is 1. The Morgan fingerprint density at radius 3 is 2.73 bits per heavy atom. The number of carbonyl (C=O) groups is 1. The molecule has 1 aromatic heterocycles. The van der Waals surface area contributed by atoms with Gasteiger partial charge in [0.15, 0.2) is 0 Å². The van der Waals surface area contributed by atoms with Crippen molar-refractivity contribution in [3.05, 3.63) is 46.2 Å². The molecule has 0 bridgehead atoms. The van der Waals surface area contributed by atoms with Gasteiger partial charge < -0.3 is 9.72 Å². The Kier molecular flexibility index (Phi) is 2.25. The van der Waals surface area contributed by atoms with Crippen LogP contribution < -0.4 is 5.56 Å². The molecular formula is C11H9NO3. The first kappa shape index (κ1) is 9.45. The minimum Gasteiger partial charge on any atom is -0.465 e. The molecule has 0 aliphatic carbocycles. The van der Waals surface area contributed by atoms with Gasteiger partial charge in [0.25, 0.3) is 0 Å². The van der Waals surface area contributed by atoms with E-state index in [4.69, 9.17) is 0 Å². The van der Waals surface area contributed by atoms with Gasteiger partial charge in [0.1, 0.15) is 0 Å². The van der Waals surface area contributed by atoms with Gasteiger partial charge in [-0.2, -0.15) is 0 Å². The molecular weight excluding hydrogens is 194 g/mol. The van der Waals surface area contributed by atoms with E-state index in [0.29, 0.717) is 11.1 Å². The summed E-state index contributed by atoms with van der Waals surface area (Å²) in [5.41, 5.74) is 0.863. The summed E-state index contributed by atoms with van der Waals surface area (Å²) in [5, 5.41) is 0.877. The Hall–Kier alpha value is -2.10. The molecule has 0 spiro atoms. The fourth-order valence-electron chi connectivity index (χ4n) is 1.39. The van der Waals surface area contributed by atoms with Crippen molar-refractivity contribution in [2.75, 3.05) is 7.11 Å². The molecule has 4 nitrogen and oxygen atoms in total. The third-order valence-electron chi connectivity index (χ3n) is 2.15. The average molecular weight is 203 g/mol. The molecule has 1 heterocycles. The van der Waals surface area contributed by atoms with Crippen LogP contribution in [0.2, 0.25) is 0 Å². The third-order valence-corrected chi connectivity index (χ3v) is 2.15. The van der Waals surface area contributed by atoms with Crippen molar-refractivity contribution < 1.29 is 9.53 Å². The number of ether oxygens (including phenoxy) is 1. The standard InChI is InChI=1S/C11H9NO3/c1-15-11(14)8-3-2-7-4-5-10(13)12-9(7)6-8/h2-6H,1H3,(H,12,13). The van der Waals surface area contributed by atoms with E-state index in [2.05, 4.69) is 9.72 Å². The second-order valence-corrected chi connectivity index (χ2v) is 3.12. The van der Waals surface area contributed by atoms with Gasteiger partial charge in [-0.15, -0.1) is 0 Å². The molecule has 1 aromatic carbocycles. The number of aromatic amines is 1. The van der Waals surface area contributed by atoms with Crippen LogP contribution in [0, 0.1) is 0 Å². The van der Waals surface area contributed by atoms with Crippen LogP contribution in [-0.2, 0) is 4.74 Å². The molecule has 4 heteroatoms. The van der Waals surface area contributed by atoms with Crippen molar-refractivity contribution in [3.63, 3.8) is 0 Å². The molecule has 15 heavy (non-hydrogen) atoms. The second-order valence-electron chi connectivity index (χ2n) is 3.12. The zero-order chi connectivity index (χ0) is 10.8. The minimum absolute atomic E-state index is 0.190. The molecule has 0 fully saturated rings. The number of hydrogen-bond donors (Lipinski definition) is 1. The Morgan fingerprint density at radius 2 is 2.00 bits per heavy atom. The van der Waals surface area contributed by atoms with Crippen LogP contribution in [0.3, 0.4) is 0 Å². The quantitative estimate of drug-likeness (QED) is 0.711. The van der Waals surface area contributed by atoms with Gasteiger partial charge >= 0.3 is 5.97 Å². The van der Waals surface area contributed by atoms with E-state index in [-0.39, 0.29) is 5.56 Å². The van der Waals surface area contributed by atoms with E-state index in [9.17, 15) is 9.59 Å². The highest BCUT2D eigenvalue weighted by Crippen LogP contribution is 2.12. The summed E-state index contributed by atoms with van der Waals surface area (Å²) in [5.74, 6) is -0.415. The van der Waals surface area contributed by atoms with Crippen LogP contribution >= 0.6 is 0 Å². The van der Waals surface area contributed by atoms with Crippen molar-refractivity contribution in [2.45, 2.75) is 0 Å². The molecule has 0 unspecified atom stereocenters. The predicted molar refractivity (Wildman–Crippen MR) is 55.9 cm³/mol. The average Bonchev–Trinajstić information content (AvgIpc) is 2.27. The Bertz CT molecular complexity index is 571. The summed E-state index contributed by atoms with van der Waals surface area (Å²) in [7, 11) is 1.32. The van der Waals surface area contributed by atoms with Crippen LogP contribution in [-0.4, -0.2) is 18.1 Å². The van der Waals surface area contributed by atoms with Gasteiger partial charge in [-0.25, -0.2) is 4.79 Å². The summed E-state index contributed by atoms with van der Waals surface area (Å²) in [6.45, 7) is 0. The van der Waals surface area contributed by atoms with Crippen molar-refractivity contribution in [2.24, 2.45) is 0 Å². The molecule has 76 valence electrons. The van der Waals surface area contributed by atoms with Gasteiger partial charge in [0, 0.05) is 11.6 Å². The first-order chi connectivity index (χ1) is 7.20. The molecule has 0 atom stereocenters.